The lowest BCUT2D eigenvalue weighted by Gasteiger charge is -2.10. The number of fused-ring (bicyclic) bond motifs is 2. The van der Waals surface area contributed by atoms with Crippen molar-refractivity contribution >= 4 is 28.0 Å². The monoisotopic (exact) mass is 359 g/mol. The smallest absolute Gasteiger partial charge is 0.274 e. The van der Waals surface area contributed by atoms with E-state index in [2.05, 4.69) is 12.2 Å². The molecule has 27 heavy (non-hydrogen) atoms. The summed E-state index contributed by atoms with van der Waals surface area (Å²) in [7, 11) is 0. The van der Waals surface area contributed by atoms with Crippen LogP contribution in [0, 0.1) is 6.92 Å². The van der Waals surface area contributed by atoms with E-state index in [0.29, 0.717) is 16.8 Å². The standard InChI is InChI=1S/C22H21N3O2/c1-3-7-18-20(25-13-6-8-14(2)21(25)23-18)22(27)24-17-11-4-10-16-15(17)9-5-12-19(16)26/h4-6,8-13,26H,3,7H2,1-2H3,(H,24,27). The number of carbonyl (C=O) groups excluding carboxylic acids is 1. The van der Waals surface area contributed by atoms with Crippen molar-refractivity contribution in [1.29, 1.82) is 0 Å². The number of aryl methyl sites for hydroxylation is 2. The molecule has 4 aromatic rings. The molecule has 0 bridgehead atoms. The van der Waals surface area contributed by atoms with Crippen LogP contribution < -0.4 is 5.32 Å². The lowest BCUT2D eigenvalue weighted by atomic mass is 10.1. The number of nitrogens with zero attached hydrogens (tertiary/aromatic N) is 2. The van der Waals surface area contributed by atoms with Crippen LogP contribution in [-0.2, 0) is 6.42 Å². The van der Waals surface area contributed by atoms with Gasteiger partial charge in [0.2, 0.25) is 0 Å². The summed E-state index contributed by atoms with van der Waals surface area (Å²) in [5.74, 6) is -0.00640. The molecule has 2 aromatic carbocycles. The molecule has 5 nitrogen and oxygen atoms in total. The highest BCUT2D eigenvalue weighted by Gasteiger charge is 2.20. The van der Waals surface area contributed by atoms with Gasteiger partial charge in [0.05, 0.1) is 5.69 Å². The summed E-state index contributed by atoms with van der Waals surface area (Å²) in [5, 5.41) is 14.6. The molecule has 0 aliphatic carbocycles. The normalized spacial score (nSPS) is 11.2. The first kappa shape index (κ1) is 17.1. The van der Waals surface area contributed by atoms with Gasteiger partial charge in [0, 0.05) is 22.7 Å². The third-order valence-corrected chi connectivity index (χ3v) is 4.77. The van der Waals surface area contributed by atoms with Gasteiger partial charge in [-0.25, -0.2) is 4.98 Å². The zero-order chi connectivity index (χ0) is 19.0. The van der Waals surface area contributed by atoms with Crippen LogP contribution in [0.25, 0.3) is 16.4 Å². The number of benzene rings is 2. The molecular weight excluding hydrogens is 338 g/mol. The minimum atomic E-state index is -0.201. The largest absolute Gasteiger partial charge is 0.507 e. The highest BCUT2D eigenvalue weighted by molar-refractivity contribution is 6.10. The summed E-state index contributed by atoms with van der Waals surface area (Å²) in [6, 6.07) is 14.7. The Hall–Kier alpha value is -3.34. The van der Waals surface area contributed by atoms with Gasteiger partial charge < -0.3 is 10.4 Å². The first-order valence-electron chi connectivity index (χ1n) is 9.08. The molecule has 0 fully saturated rings. The lowest BCUT2D eigenvalue weighted by Crippen LogP contribution is -2.16. The van der Waals surface area contributed by atoms with E-state index in [-0.39, 0.29) is 11.7 Å². The van der Waals surface area contributed by atoms with Crippen molar-refractivity contribution in [3.63, 3.8) is 0 Å². The molecule has 0 aliphatic heterocycles. The van der Waals surface area contributed by atoms with Crippen molar-refractivity contribution in [1.82, 2.24) is 9.38 Å². The van der Waals surface area contributed by atoms with Crippen molar-refractivity contribution in [3.8, 4) is 5.75 Å². The molecule has 5 heteroatoms. The Bertz CT molecular complexity index is 1160. The van der Waals surface area contributed by atoms with Gasteiger partial charge in [-0.15, -0.1) is 0 Å². The minimum absolute atomic E-state index is 0.195. The predicted molar refractivity (Wildman–Crippen MR) is 107 cm³/mol. The van der Waals surface area contributed by atoms with E-state index < -0.39 is 0 Å². The topological polar surface area (TPSA) is 66.6 Å². The van der Waals surface area contributed by atoms with Crippen LogP contribution in [0.2, 0.25) is 0 Å². The molecule has 0 saturated carbocycles. The zero-order valence-corrected chi connectivity index (χ0v) is 15.4. The summed E-state index contributed by atoms with van der Waals surface area (Å²) in [4.78, 5) is 17.9. The number of amides is 1. The van der Waals surface area contributed by atoms with Gasteiger partial charge in [0.1, 0.15) is 17.1 Å². The second-order valence-electron chi connectivity index (χ2n) is 6.67. The summed E-state index contributed by atoms with van der Waals surface area (Å²) >= 11 is 0. The second kappa shape index (κ2) is 6.76. The Morgan fingerprint density at radius 2 is 1.89 bits per heavy atom. The van der Waals surface area contributed by atoms with Crippen LogP contribution in [-0.4, -0.2) is 20.4 Å². The molecular formula is C22H21N3O2. The first-order valence-corrected chi connectivity index (χ1v) is 9.08. The number of rotatable bonds is 4. The maximum absolute atomic E-state index is 13.2. The van der Waals surface area contributed by atoms with Gasteiger partial charge in [0.25, 0.3) is 5.91 Å². The number of aromatic nitrogens is 2. The Morgan fingerprint density at radius 1 is 1.11 bits per heavy atom. The summed E-state index contributed by atoms with van der Waals surface area (Å²) < 4.78 is 1.86. The number of anilines is 1. The van der Waals surface area contributed by atoms with E-state index in [1.165, 1.54) is 0 Å². The van der Waals surface area contributed by atoms with Crippen LogP contribution >= 0.6 is 0 Å². The van der Waals surface area contributed by atoms with Crippen molar-refractivity contribution in [2.75, 3.05) is 5.32 Å². The Morgan fingerprint density at radius 3 is 2.70 bits per heavy atom. The number of carbonyl (C=O) groups is 1. The third kappa shape index (κ3) is 2.91. The molecule has 0 radical (unpaired) electrons. The molecule has 0 spiro atoms. The van der Waals surface area contributed by atoms with Crippen molar-refractivity contribution < 1.29 is 9.90 Å². The van der Waals surface area contributed by atoms with Crippen LogP contribution in [0.4, 0.5) is 5.69 Å². The van der Waals surface area contributed by atoms with Gasteiger partial charge >= 0.3 is 0 Å². The number of nitrogens with one attached hydrogen (secondary N) is 1. The van der Waals surface area contributed by atoms with Gasteiger partial charge in [-0.3, -0.25) is 9.20 Å². The number of phenolic OH excluding ortho intramolecular Hbond substituents is 1. The van der Waals surface area contributed by atoms with E-state index in [0.717, 1.165) is 35.1 Å². The van der Waals surface area contributed by atoms with E-state index in [4.69, 9.17) is 4.98 Å². The molecule has 0 saturated heterocycles. The summed E-state index contributed by atoms with van der Waals surface area (Å²) in [6.07, 6.45) is 3.52. The van der Waals surface area contributed by atoms with Crippen LogP contribution in [0.3, 0.4) is 0 Å². The number of hydrogen-bond acceptors (Lipinski definition) is 3. The number of pyridine rings is 1. The van der Waals surface area contributed by atoms with E-state index in [1.807, 2.05) is 53.9 Å². The minimum Gasteiger partial charge on any atom is -0.507 e. The van der Waals surface area contributed by atoms with Crippen LogP contribution in [0.1, 0.15) is 35.1 Å². The fourth-order valence-electron chi connectivity index (χ4n) is 3.49. The first-order chi connectivity index (χ1) is 13.1. The van der Waals surface area contributed by atoms with Crippen LogP contribution in [0.5, 0.6) is 5.75 Å². The molecule has 2 N–H and O–H groups in total. The van der Waals surface area contributed by atoms with E-state index >= 15 is 0 Å². The molecule has 0 atom stereocenters. The van der Waals surface area contributed by atoms with Gasteiger partial charge in [0.15, 0.2) is 0 Å². The zero-order valence-electron chi connectivity index (χ0n) is 15.4. The summed E-state index contributed by atoms with van der Waals surface area (Å²) in [5.41, 5.74) is 3.86. The quantitative estimate of drug-likeness (QED) is 0.555. The van der Waals surface area contributed by atoms with Crippen molar-refractivity contribution in [2.45, 2.75) is 26.7 Å². The fourth-order valence-corrected chi connectivity index (χ4v) is 3.49. The Labute approximate surface area is 157 Å². The highest BCUT2D eigenvalue weighted by Crippen LogP contribution is 2.30. The Kier molecular flexibility index (Phi) is 4.28. The molecule has 2 aromatic heterocycles. The van der Waals surface area contributed by atoms with Crippen molar-refractivity contribution in [3.05, 3.63) is 71.7 Å². The third-order valence-electron chi connectivity index (χ3n) is 4.77. The number of aromatic hydroxyl groups is 1. The van der Waals surface area contributed by atoms with Gasteiger partial charge in [-0.1, -0.05) is 43.7 Å². The fraction of sp³-hybridized carbons (Fsp3) is 0.182. The second-order valence-corrected chi connectivity index (χ2v) is 6.67. The summed E-state index contributed by atoms with van der Waals surface area (Å²) in [6.45, 7) is 4.07. The molecule has 0 aliphatic rings. The molecule has 0 unspecified atom stereocenters. The van der Waals surface area contributed by atoms with Crippen molar-refractivity contribution in [2.24, 2.45) is 0 Å². The maximum Gasteiger partial charge on any atom is 0.274 e. The van der Waals surface area contributed by atoms with E-state index in [9.17, 15) is 9.90 Å². The molecule has 2 heterocycles. The number of hydrogen-bond donors (Lipinski definition) is 2. The SMILES string of the molecule is CCCc1nc2c(C)cccn2c1C(=O)Nc1cccc2c(O)cccc12. The number of imidazole rings is 1. The molecule has 136 valence electrons. The average Bonchev–Trinajstić information content (AvgIpc) is 3.02. The Balaban J connectivity index is 1.81. The average molecular weight is 359 g/mol. The molecule has 1 amide bonds. The van der Waals surface area contributed by atoms with Gasteiger partial charge in [-0.05, 0) is 37.1 Å². The molecule has 4 rings (SSSR count). The highest BCUT2D eigenvalue weighted by atomic mass is 16.3. The number of phenols is 1. The lowest BCUT2D eigenvalue weighted by molar-refractivity contribution is 0.102. The van der Waals surface area contributed by atoms with Crippen LogP contribution in [0.15, 0.2) is 54.7 Å². The predicted octanol–water partition coefficient (Wildman–Crippen LogP) is 4.71. The van der Waals surface area contributed by atoms with Gasteiger partial charge in [-0.2, -0.15) is 0 Å². The van der Waals surface area contributed by atoms with E-state index in [1.54, 1.807) is 12.1 Å². The maximum atomic E-state index is 13.2.